The number of ether oxygens (including phenoxy) is 3. The van der Waals surface area contributed by atoms with Crippen molar-refractivity contribution in [2.24, 2.45) is 0 Å². The van der Waals surface area contributed by atoms with Gasteiger partial charge in [0.05, 0.1) is 20.3 Å². The van der Waals surface area contributed by atoms with E-state index >= 15 is 0 Å². The standard InChI is InChI=1S/C21H24N2O5/c1-26-16-9-8-15(12-17(16)27-2)19-20(28-13-18(24)23-19)21(25)22-11-10-14-6-4-3-5-7-14/h3-9,12,19-20H,10-11,13H2,1-2H3,(H,22,25)(H,23,24)/t19-,20+/m1/s1. The van der Waals surface area contributed by atoms with Crippen LogP contribution in [0.3, 0.4) is 0 Å². The largest absolute Gasteiger partial charge is 0.493 e. The van der Waals surface area contributed by atoms with Crippen LogP contribution in [0.5, 0.6) is 11.5 Å². The molecular weight excluding hydrogens is 360 g/mol. The molecule has 0 unspecified atom stereocenters. The van der Waals surface area contributed by atoms with Gasteiger partial charge in [-0.05, 0) is 29.7 Å². The van der Waals surface area contributed by atoms with Gasteiger partial charge in [-0.3, -0.25) is 9.59 Å². The topological polar surface area (TPSA) is 85.9 Å². The molecule has 3 rings (SSSR count). The molecule has 1 heterocycles. The number of carbonyl (C=O) groups excluding carboxylic acids is 2. The third kappa shape index (κ3) is 4.61. The Morgan fingerprint density at radius 2 is 1.89 bits per heavy atom. The van der Waals surface area contributed by atoms with Crippen LogP contribution in [0, 0.1) is 0 Å². The van der Waals surface area contributed by atoms with Crippen LogP contribution in [0.15, 0.2) is 48.5 Å². The van der Waals surface area contributed by atoms with Gasteiger partial charge >= 0.3 is 0 Å². The van der Waals surface area contributed by atoms with E-state index in [-0.39, 0.29) is 18.4 Å². The molecule has 0 bridgehead atoms. The lowest BCUT2D eigenvalue weighted by molar-refractivity contribution is -0.148. The van der Waals surface area contributed by atoms with Gasteiger partial charge in [-0.15, -0.1) is 0 Å². The Morgan fingerprint density at radius 3 is 2.61 bits per heavy atom. The quantitative estimate of drug-likeness (QED) is 0.758. The SMILES string of the molecule is COc1ccc([C@H]2NC(=O)CO[C@@H]2C(=O)NCCc2ccccc2)cc1OC. The second-order valence-electron chi connectivity index (χ2n) is 6.42. The summed E-state index contributed by atoms with van der Waals surface area (Å²) in [5.74, 6) is 0.546. The Labute approximate surface area is 164 Å². The van der Waals surface area contributed by atoms with Gasteiger partial charge in [-0.1, -0.05) is 36.4 Å². The molecule has 2 N–H and O–H groups in total. The highest BCUT2D eigenvalue weighted by atomic mass is 16.5. The molecule has 1 aliphatic heterocycles. The first-order valence-electron chi connectivity index (χ1n) is 9.07. The zero-order chi connectivity index (χ0) is 19.9. The number of rotatable bonds is 7. The molecule has 0 aliphatic carbocycles. The monoisotopic (exact) mass is 384 g/mol. The van der Waals surface area contributed by atoms with Gasteiger partial charge in [0.2, 0.25) is 5.91 Å². The molecule has 1 aliphatic rings. The number of hydrogen-bond donors (Lipinski definition) is 2. The molecule has 0 aromatic heterocycles. The summed E-state index contributed by atoms with van der Waals surface area (Å²) in [5.41, 5.74) is 1.84. The van der Waals surface area contributed by atoms with Crippen LogP contribution in [0.1, 0.15) is 17.2 Å². The van der Waals surface area contributed by atoms with E-state index in [1.807, 2.05) is 30.3 Å². The van der Waals surface area contributed by atoms with E-state index in [0.29, 0.717) is 30.0 Å². The van der Waals surface area contributed by atoms with Gasteiger partial charge < -0.3 is 24.8 Å². The molecule has 1 fully saturated rings. The number of hydrogen-bond acceptors (Lipinski definition) is 5. The first-order chi connectivity index (χ1) is 13.6. The number of amides is 2. The van der Waals surface area contributed by atoms with Crippen molar-refractivity contribution in [1.29, 1.82) is 0 Å². The van der Waals surface area contributed by atoms with Gasteiger partial charge in [0.15, 0.2) is 17.6 Å². The predicted molar refractivity (Wildman–Crippen MR) is 103 cm³/mol. The van der Waals surface area contributed by atoms with E-state index in [4.69, 9.17) is 14.2 Å². The fraction of sp³-hybridized carbons (Fsp3) is 0.333. The van der Waals surface area contributed by atoms with Crippen molar-refractivity contribution in [2.75, 3.05) is 27.4 Å². The van der Waals surface area contributed by atoms with Crippen LogP contribution in [0.2, 0.25) is 0 Å². The second kappa shape index (κ2) is 9.23. The second-order valence-corrected chi connectivity index (χ2v) is 6.42. The summed E-state index contributed by atoms with van der Waals surface area (Å²) in [6.45, 7) is 0.329. The lowest BCUT2D eigenvalue weighted by Crippen LogP contribution is -2.52. The van der Waals surface area contributed by atoms with Crippen LogP contribution in [-0.4, -0.2) is 45.3 Å². The molecule has 0 radical (unpaired) electrons. The van der Waals surface area contributed by atoms with Crippen molar-refractivity contribution in [3.63, 3.8) is 0 Å². The van der Waals surface area contributed by atoms with Gasteiger partial charge in [-0.25, -0.2) is 0 Å². The van der Waals surface area contributed by atoms with Crippen molar-refractivity contribution in [1.82, 2.24) is 10.6 Å². The number of carbonyl (C=O) groups is 2. The molecule has 2 aromatic carbocycles. The van der Waals surface area contributed by atoms with E-state index in [1.165, 1.54) is 7.11 Å². The lowest BCUT2D eigenvalue weighted by atomic mass is 9.98. The molecule has 0 spiro atoms. The maximum Gasteiger partial charge on any atom is 0.251 e. The average molecular weight is 384 g/mol. The van der Waals surface area contributed by atoms with Gasteiger partial charge in [0.25, 0.3) is 5.91 Å². The molecule has 2 amide bonds. The Morgan fingerprint density at radius 1 is 1.14 bits per heavy atom. The minimum Gasteiger partial charge on any atom is -0.493 e. The van der Waals surface area contributed by atoms with E-state index in [2.05, 4.69) is 10.6 Å². The molecule has 7 nitrogen and oxygen atoms in total. The third-order valence-corrected chi connectivity index (χ3v) is 4.59. The fourth-order valence-electron chi connectivity index (χ4n) is 3.16. The molecule has 2 aromatic rings. The Kier molecular flexibility index (Phi) is 6.49. The average Bonchev–Trinajstić information content (AvgIpc) is 2.73. The zero-order valence-electron chi connectivity index (χ0n) is 15.9. The van der Waals surface area contributed by atoms with Crippen LogP contribution >= 0.6 is 0 Å². The number of methoxy groups -OCH3 is 2. The van der Waals surface area contributed by atoms with E-state index in [9.17, 15) is 9.59 Å². The minimum atomic E-state index is -0.827. The van der Waals surface area contributed by atoms with Crippen molar-refractivity contribution in [2.45, 2.75) is 18.6 Å². The normalized spacial score (nSPS) is 18.9. The maximum absolute atomic E-state index is 12.7. The number of morpholine rings is 1. The first kappa shape index (κ1) is 19.7. The summed E-state index contributed by atoms with van der Waals surface area (Å²) in [4.78, 5) is 24.6. The minimum absolute atomic E-state index is 0.152. The summed E-state index contributed by atoms with van der Waals surface area (Å²) >= 11 is 0. The van der Waals surface area contributed by atoms with Gasteiger partial charge in [0.1, 0.15) is 6.61 Å². The molecule has 28 heavy (non-hydrogen) atoms. The highest BCUT2D eigenvalue weighted by molar-refractivity contribution is 5.86. The summed E-state index contributed by atoms with van der Waals surface area (Å²) in [6, 6.07) is 14.5. The van der Waals surface area contributed by atoms with Crippen molar-refractivity contribution < 1.29 is 23.8 Å². The molecule has 1 saturated heterocycles. The predicted octanol–water partition coefficient (Wildman–Crippen LogP) is 1.62. The van der Waals surface area contributed by atoms with Crippen LogP contribution in [0.4, 0.5) is 0 Å². The van der Waals surface area contributed by atoms with Crippen molar-refractivity contribution >= 4 is 11.8 Å². The summed E-state index contributed by atoms with van der Waals surface area (Å²) in [5, 5.41) is 5.73. The number of benzene rings is 2. The van der Waals surface area contributed by atoms with E-state index in [0.717, 1.165) is 5.56 Å². The van der Waals surface area contributed by atoms with Crippen molar-refractivity contribution in [3.8, 4) is 11.5 Å². The zero-order valence-corrected chi connectivity index (χ0v) is 15.9. The molecule has 2 atom stereocenters. The Balaban J connectivity index is 1.71. The maximum atomic E-state index is 12.7. The molecule has 148 valence electrons. The third-order valence-electron chi connectivity index (χ3n) is 4.59. The summed E-state index contributed by atoms with van der Waals surface area (Å²) < 4.78 is 16.1. The highest BCUT2D eigenvalue weighted by Crippen LogP contribution is 2.32. The van der Waals surface area contributed by atoms with E-state index < -0.39 is 12.1 Å². The van der Waals surface area contributed by atoms with Gasteiger partial charge in [-0.2, -0.15) is 0 Å². The molecule has 7 heteroatoms. The lowest BCUT2D eigenvalue weighted by Gasteiger charge is -2.32. The van der Waals surface area contributed by atoms with Crippen LogP contribution in [-0.2, 0) is 20.7 Å². The van der Waals surface area contributed by atoms with Crippen LogP contribution in [0.25, 0.3) is 0 Å². The molecular formula is C21H24N2O5. The summed E-state index contributed by atoms with van der Waals surface area (Å²) in [7, 11) is 3.08. The Bertz CT molecular complexity index is 825. The summed E-state index contributed by atoms with van der Waals surface area (Å²) in [6.07, 6.45) is -0.112. The molecule has 0 saturated carbocycles. The fourth-order valence-corrected chi connectivity index (χ4v) is 3.16. The smallest absolute Gasteiger partial charge is 0.251 e. The number of nitrogens with one attached hydrogen (secondary N) is 2. The first-order valence-corrected chi connectivity index (χ1v) is 9.07. The van der Waals surface area contributed by atoms with Gasteiger partial charge in [0, 0.05) is 6.54 Å². The van der Waals surface area contributed by atoms with E-state index in [1.54, 1.807) is 25.3 Å². The van der Waals surface area contributed by atoms with Crippen molar-refractivity contribution in [3.05, 3.63) is 59.7 Å². The van der Waals surface area contributed by atoms with Crippen LogP contribution < -0.4 is 20.1 Å². The Hall–Kier alpha value is -3.06. The highest BCUT2D eigenvalue weighted by Gasteiger charge is 2.36.